The van der Waals surface area contributed by atoms with Crippen molar-refractivity contribution in [1.29, 1.82) is 0 Å². The van der Waals surface area contributed by atoms with E-state index in [1.54, 1.807) is 28.8 Å². The van der Waals surface area contributed by atoms with Crippen LogP contribution in [0.4, 0.5) is 13.2 Å². The van der Waals surface area contributed by atoms with E-state index in [0.717, 1.165) is 29.5 Å². The van der Waals surface area contributed by atoms with Crippen LogP contribution >= 0.6 is 23.4 Å². The Labute approximate surface area is 178 Å². The number of carbonyl (C=O) groups is 1. The molecule has 2 heterocycles. The molecule has 0 N–H and O–H groups in total. The van der Waals surface area contributed by atoms with Crippen molar-refractivity contribution in [3.05, 3.63) is 83.0 Å². The number of para-hydroxylation sites is 2. The standard InChI is InChI=1S/C21H13ClF3N3OS/c22-15-8-5-13(6-9-15)18(29)12-28-17-4-2-1-3-16(17)27-20(28)30-19-10-7-14(11-26-19)21(23,24)25/h1-11H,12H2. The second-order valence-electron chi connectivity index (χ2n) is 6.38. The maximum Gasteiger partial charge on any atom is 0.417 e. The number of rotatable bonds is 5. The Morgan fingerprint density at radius 2 is 1.77 bits per heavy atom. The summed E-state index contributed by atoms with van der Waals surface area (Å²) in [4.78, 5) is 21.2. The van der Waals surface area contributed by atoms with E-state index in [1.165, 1.54) is 6.07 Å². The van der Waals surface area contributed by atoms with Crippen molar-refractivity contribution in [3.8, 4) is 0 Å². The molecule has 152 valence electrons. The SMILES string of the molecule is O=C(Cn1c(Sc2ccc(C(F)(F)F)cn2)nc2ccccc21)c1ccc(Cl)cc1. The summed E-state index contributed by atoms with van der Waals surface area (Å²) in [5, 5.41) is 1.34. The molecule has 4 rings (SSSR count). The summed E-state index contributed by atoms with van der Waals surface area (Å²) < 4.78 is 40.0. The summed E-state index contributed by atoms with van der Waals surface area (Å²) in [5.74, 6) is -0.142. The lowest BCUT2D eigenvalue weighted by molar-refractivity contribution is -0.137. The smallest absolute Gasteiger partial charge is 0.311 e. The Morgan fingerprint density at radius 1 is 1.03 bits per heavy atom. The monoisotopic (exact) mass is 447 g/mol. The van der Waals surface area contributed by atoms with E-state index in [9.17, 15) is 18.0 Å². The summed E-state index contributed by atoms with van der Waals surface area (Å²) in [6.45, 7) is 0.0190. The average molecular weight is 448 g/mol. The molecule has 0 atom stereocenters. The zero-order chi connectivity index (χ0) is 21.3. The second-order valence-corrected chi connectivity index (χ2v) is 7.81. The van der Waals surface area contributed by atoms with E-state index in [2.05, 4.69) is 9.97 Å². The summed E-state index contributed by atoms with van der Waals surface area (Å²) in [5.41, 5.74) is 1.10. The molecule has 4 aromatic rings. The molecular formula is C21H13ClF3N3OS. The van der Waals surface area contributed by atoms with Gasteiger partial charge in [-0.15, -0.1) is 0 Å². The van der Waals surface area contributed by atoms with Gasteiger partial charge in [0.15, 0.2) is 10.9 Å². The highest BCUT2D eigenvalue weighted by Gasteiger charge is 2.30. The minimum absolute atomic E-state index is 0.0190. The number of fused-ring (bicyclic) bond motifs is 1. The first-order chi connectivity index (χ1) is 14.3. The summed E-state index contributed by atoms with van der Waals surface area (Å²) in [6, 6.07) is 16.1. The summed E-state index contributed by atoms with van der Waals surface area (Å²) in [7, 11) is 0. The Bertz CT molecular complexity index is 1210. The largest absolute Gasteiger partial charge is 0.417 e. The van der Waals surface area contributed by atoms with Gasteiger partial charge in [0.1, 0.15) is 5.03 Å². The molecule has 0 bridgehead atoms. The molecule has 0 aliphatic carbocycles. The molecule has 0 saturated carbocycles. The molecule has 30 heavy (non-hydrogen) atoms. The highest BCUT2D eigenvalue weighted by molar-refractivity contribution is 7.99. The van der Waals surface area contributed by atoms with Crippen molar-refractivity contribution in [3.63, 3.8) is 0 Å². The number of alkyl halides is 3. The molecule has 0 radical (unpaired) electrons. The number of halogens is 4. The van der Waals surface area contributed by atoms with E-state index in [-0.39, 0.29) is 12.3 Å². The lowest BCUT2D eigenvalue weighted by atomic mass is 10.1. The molecule has 2 aromatic carbocycles. The summed E-state index contributed by atoms with van der Waals surface area (Å²) >= 11 is 6.98. The van der Waals surface area contributed by atoms with Crippen molar-refractivity contribution in [2.24, 2.45) is 0 Å². The van der Waals surface area contributed by atoms with Gasteiger partial charge < -0.3 is 4.57 Å². The van der Waals surface area contributed by atoms with Crippen LogP contribution in [0.25, 0.3) is 11.0 Å². The number of aromatic nitrogens is 3. The molecule has 0 fully saturated rings. The number of nitrogens with zero attached hydrogens (tertiary/aromatic N) is 3. The Kier molecular flexibility index (Phi) is 5.53. The molecule has 0 unspecified atom stereocenters. The lowest BCUT2D eigenvalue weighted by Gasteiger charge is -2.09. The highest BCUT2D eigenvalue weighted by atomic mass is 35.5. The second kappa shape index (κ2) is 8.12. The molecule has 0 aliphatic rings. The van der Waals surface area contributed by atoms with Crippen molar-refractivity contribution >= 4 is 40.2 Å². The van der Waals surface area contributed by atoms with Crippen LogP contribution in [0.3, 0.4) is 0 Å². The zero-order valence-electron chi connectivity index (χ0n) is 15.2. The first-order valence-electron chi connectivity index (χ1n) is 8.76. The quantitative estimate of drug-likeness (QED) is 0.345. The number of hydrogen-bond acceptors (Lipinski definition) is 4. The van der Waals surface area contributed by atoms with E-state index < -0.39 is 11.7 Å². The van der Waals surface area contributed by atoms with Crippen LogP contribution in [0.5, 0.6) is 0 Å². The third kappa shape index (κ3) is 4.34. The number of imidazole rings is 1. The number of hydrogen-bond donors (Lipinski definition) is 0. The van der Waals surface area contributed by atoms with Crippen LogP contribution < -0.4 is 0 Å². The van der Waals surface area contributed by atoms with Crippen LogP contribution in [0.2, 0.25) is 5.02 Å². The Morgan fingerprint density at radius 3 is 2.43 bits per heavy atom. The minimum Gasteiger partial charge on any atom is -0.311 e. The van der Waals surface area contributed by atoms with Gasteiger partial charge in [0.25, 0.3) is 0 Å². The third-order valence-corrected chi connectivity index (χ3v) is 5.54. The van der Waals surface area contributed by atoms with E-state index in [1.807, 2.05) is 24.3 Å². The minimum atomic E-state index is -4.45. The first kappa shape index (κ1) is 20.4. The molecular weight excluding hydrogens is 435 g/mol. The normalized spacial score (nSPS) is 11.7. The molecule has 2 aromatic heterocycles. The van der Waals surface area contributed by atoms with Crippen molar-refractivity contribution in [2.45, 2.75) is 22.9 Å². The maximum atomic E-state index is 12.8. The van der Waals surface area contributed by atoms with Gasteiger partial charge in [-0.1, -0.05) is 23.7 Å². The van der Waals surface area contributed by atoms with Crippen LogP contribution in [0, 0.1) is 0 Å². The molecule has 0 amide bonds. The van der Waals surface area contributed by atoms with Crippen LogP contribution in [-0.2, 0) is 12.7 Å². The Hall–Kier alpha value is -2.84. The van der Waals surface area contributed by atoms with Crippen molar-refractivity contribution < 1.29 is 18.0 Å². The number of pyridine rings is 1. The van der Waals surface area contributed by atoms with Gasteiger partial charge in [-0.2, -0.15) is 13.2 Å². The average Bonchev–Trinajstić information content (AvgIpc) is 3.05. The predicted molar refractivity (Wildman–Crippen MR) is 109 cm³/mol. The molecule has 0 aliphatic heterocycles. The van der Waals surface area contributed by atoms with E-state index >= 15 is 0 Å². The van der Waals surface area contributed by atoms with Crippen molar-refractivity contribution in [1.82, 2.24) is 14.5 Å². The fraction of sp³-hybridized carbons (Fsp3) is 0.0952. The van der Waals surface area contributed by atoms with Gasteiger partial charge in [-0.25, -0.2) is 9.97 Å². The van der Waals surface area contributed by atoms with Gasteiger partial charge in [0.2, 0.25) is 0 Å². The molecule has 0 spiro atoms. The number of benzene rings is 2. The lowest BCUT2D eigenvalue weighted by Crippen LogP contribution is -2.11. The van der Waals surface area contributed by atoms with Gasteiger partial charge in [-0.3, -0.25) is 4.79 Å². The first-order valence-corrected chi connectivity index (χ1v) is 9.96. The highest BCUT2D eigenvalue weighted by Crippen LogP contribution is 2.32. The number of carbonyl (C=O) groups excluding carboxylic acids is 1. The molecule has 4 nitrogen and oxygen atoms in total. The summed E-state index contributed by atoms with van der Waals surface area (Å²) in [6.07, 6.45) is -3.66. The molecule has 9 heteroatoms. The zero-order valence-corrected chi connectivity index (χ0v) is 16.8. The fourth-order valence-corrected chi connectivity index (χ4v) is 3.83. The topological polar surface area (TPSA) is 47.8 Å². The van der Waals surface area contributed by atoms with Gasteiger partial charge in [-0.05, 0) is 60.3 Å². The predicted octanol–water partition coefficient (Wildman–Crippen LogP) is 6.14. The molecule has 0 saturated heterocycles. The van der Waals surface area contributed by atoms with E-state index in [4.69, 9.17) is 11.6 Å². The number of ketones is 1. The van der Waals surface area contributed by atoms with Crippen LogP contribution in [0.1, 0.15) is 15.9 Å². The van der Waals surface area contributed by atoms with Gasteiger partial charge in [0, 0.05) is 16.8 Å². The Balaban J connectivity index is 1.66. The van der Waals surface area contributed by atoms with Gasteiger partial charge >= 0.3 is 6.18 Å². The van der Waals surface area contributed by atoms with Gasteiger partial charge in [0.05, 0.1) is 23.1 Å². The van der Waals surface area contributed by atoms with Crippen LogP contribution in [-0.4, -0.2) is 20.3 Å². The fourth-order valence-electron chi connectivity index (χ4n) is 2.86. The van der Waals surface area contributed by atoms with Crippen LogP contribution in [0.15, 0.2) is 77.0 Å². The van der Waals surface area contributed by atoms with Crippen molar-refractivity contribution in [2.75, 3.05) is 0 Å². The number of Topliss-reactive ketones (excluding diaryl/α,β-unsaturated/α-hetero) is 1. The third-order valence-electron chi connectivity index (χ3n) is 4.35. The van der Waals surface area contributed by atoms with E-state index in [0.29, 0.717) is 26.3 Å². The maximum absolute atomic E-state index is 12.8.